The van der Waals surface area contributed by atoms with Crippen LogP contribution >= 0.6 is 0 Å². The van der Waals surface area contributed by atoms with Gasteiger partial charge in [-0.15, -0.1) is 0 Å². The molecule has 2 amide bonds. The molecule has 4 aliphatic carbocycles. The van der Waals surface area contributed by atoms with Crippen LogP contribution in [0.3, 0.4) is 0 Å². The van der Waals surface area contributed by atoms with Crippen LogP contribution in [-0.2, 0) is 32.7 Å². The minimum Gasteiger partial charge on any atom is -0.496 e. The molecule has 2 bridgehead atoms. The van der Waals surface area contributed by atoms with Crippen molar-refractivity contribution in [2.75, 3.05) is 20.2 Å². The van der Waals surface area contributed by atoms with Gasteiger partial charge < -0.3 is 14.2 Å². The molecule has 288 valence electrons. The summed E-state index contributed by atoms with van der Waals surface area (Å²) in [6.07, 6.45) is 15.8. The van der Waals surface area contributed by atoms with Gasteiger partial charge in [-0.05, 0) is 84.4 Å². The standard InChI is InChI=1S/C45H52N4O5S/c1-54-39-21-20-33(29-14-7-3-8-15-29)43-36(39)23-38-40-34(41-37(27-48(38)43)42(41)44(50)46-55(52,53)32-16-9-4-10-17-32)18-11-19-35(40)45(51)49-30-22-31(49)26-47(25-30)24-28-12-5-2-6-13-28/h2,5-6,11-13,18,20-21,23,29-32,35,40H,3-4,7-10,14-17,19,22,24-27H2,1H3,(H,46,50)/t30?,31?,35-,40?/m1/s1. The van der Waals surface area contributed by atoms with Crippen molar-refractivity contribution in [2.45, 2.75) is 119 Å². The van der Waals surface area contributed by atoms with Gasteiger partial charge in [0.15, 0.2) is 0 Å². The summed E-state index contributed by atoms with van der Waals surface area (Å²) >= 11 is 0. The van der Waals surface area contributed by atoms with Crippen LogP contribution in [0.1, 0.15) is 106 Å². The molecule has 1 aromatic heterocycles. The van der Waals surface area contributed by atoms with Gasteiger partial charge in [-0.25, -0.2) is 13.1 Å². The van der Waals surface area contributed by atoms with Crippen molar-refractivity contribution >= 4 is 32.7 Å². The zero-order chi connectivity index (χ0) is 37.4. The zero-order valence-corrected chi connectivity index (χ0v) is 32.7. The van der Waals surface area contributed by atoms with E-state index in [2.05, 4.69) is 79.8 Å². The number of methoxy groups -OCH3 is 1. The smallest absolute Gasteiger partial charge is 0.265 e. The first kappa shape index (κ1) is 35.3. The number of piperazine rings is 1. The Hall–Kier alpha value is -4.15. The summed E-state index contributed by atoms with van der Waals surface area (Å²) in [6.45, 7) is 3.09. The first-order chi connectivity index (χ1) is 26.8. The Morgan fingerprint density at radius 1 is 0.909 bits per heavy atom. The highest BCUT2D eigenvalue weighted by Crippen LogP contribution is 2.56. The van der Waals surface area contributed by atoms with Crippen molar-refractivity contribution in [2.24, 2.45) is 5.92 Å². The minimum absolute atomic E-state index is 0.188. The molecule has 11 rings (SSSR count). The molecule has 2 saturated carbocycles. The van der Waals surface area contributed by atoms with Gasteiger partial charge in [0.2, 0.25) is 15.9 Å². The summed E-state index contributed by atoms with van der Waals surface area (Å²) in [5.41, 5.74) is 8.03. The fourth-order valence-electron chi connectivity index (χ4n) is 11.4. The van der Waals surface area contributed by atoms with Crippen molar-refractivity contribution < 1.29 is 22.7 Å². The number of fused-ring (bicyclic) bond motifs is 8. The van der Waals surface area contributed by atoms with Crippen LogP contribution in [-0.4, -0.2) is 72.1 Å². The molecule has 5 heterocycles. The summed E-state index contributed by atoms with van der Waals surface area (Å²) in [5.74, 6) is 0.302. The SMILES string of the molecule is COc1ccc(C2CCCCC2)c2c1cc1n2CC2=C(C(=O)NS(=O)(=O)C3CCCCC3)C2=C2C=CC[C@@H](C(=O)N3C4CC3CN(Cc3ccccc3)C4)C21. The van der Waals surface area contributed by atoms with E-state index in [-0.39, 0.29) is 29.8 Å². The second-order valence-corrected chi connectivity index (χ2v) is 19.2. The van der Waals surface area contributed by atoms with Crippen LogP contribution in [0.5, 0.6) is 5.75 Å². The molecule has 3 unspecified atom stereocenters. The second kappa shape index (κ2) is 13.8. The first-order valence-electron chi connectivity index (χ1n) is 20.8. The molecule has 8 aliphatic rings. The van der Waals surface area contributed by atoms with E-state index in [0.717, 1.165) is 97.2 Å². The third-order valence-electron chi connectivity index (χ3n) is 14.0. The topological polar surface area (TPSA) is 101 Å². The molecule has 2 aromatic carbocycles. The highest BCUT2D eigenvalue weighted by molar-refractivity contribution is 7.90. The lowest BCUT2D eigenvalue weighted by Crippen LogP contribution is -2.70. The number of allylic oxidation sites excluding steroid dienone is 4. The first-order valence-corrected chi connectivity index (χ1v) is 22.3. The maximum Gasteiger partial charge on any atom is 0.265 e. The summed E-state index contributed by atoms with van der Waals surface area (Å²) in [7, 11) is -2.09. The van der Waals surface area contributed by atoms with E-state index in [1.807, 2.05) is 0 Å². The lowest BCUT2D eigenvalue weighted by molar-refractivity contribution is -0.159. The van der Waals surface area contributed by atoms with Crippen LogP contribution in [0.4, 0.5) is 0 Å². The zero-order valence-electron chi connectivity index (χ0n) is 31.8. The fraction of sp³-hybridized carbons (Fsp3) is 0.511. The van der Waals surface area contributed by atoms with E-state index in [9.17, 15) is 13.2 Å². The van der Waals surface area contributed by atoms with E-state index >= 15 is 4.79 Å². The maximum atomic E-state index is 15.0. The van der Waals surface area contributed by atoms with Gasteiger partial charge in [-0.1, -0.05) is 87.1 Å². The number of aromatic nitrogens is 1. The Morgan fingerprint density at radius 2 is 1.64 bits per heavy atom. The number of hydrogen-bond acceptors (Lipinski definition) is 6. The van der Waals surface area contributed by atoms with Gasteiger partial charge in [0.1, 0.15) is 5.75 Å². The van der Waals surface area contributed by atoms with Gasteiger partial charge in [0.25, 0.3) is 5.91 Å². The van der Waals surface area contributed by atoms with E-state index in [1.165, 1.54) is 30.4 Å². The third-order valence-corrected chi connectivity index (χ3v) is 15.8. The predicted molar refractivity (Wildman–Crippen MR) is 213 cm³/mol. The number of amides is 2. The highest BCUT2D eigenvalue weighted by atomic mass is 32.2. The van der Waals surface area contributed by atoms with Gasteiger partial charge in [0.05, 0.1) is 29.4 Å². The number of ether oxygens (including phenoxy) is 1. The van der Waals surface area contributed by atoms with E-state index in [0.29, 0.717) is 37.3 Å². The maximum absolute atomic E-state index is 15.0. The van der Waals surface area contributed by atoms with Crippen molar-refractivity contribution in [1.29, 1.82) is 0 Å². The molecule has 4 aliphatic heterocycles. The summed E-state index contributed by atoms with van der Waals surface area (Å²) in [4.78, 5) is 33.8. The van der Waals surface area contributed by atoms with Crippen molar-refractivity contribution in [3.63, 3.8) is 0 Å². The minimum atomic E-state index is -3.81. The molecule has 5 fully saturated rings. The van der Waals surface area contributed by atoms with E-state index < -0.39 is 21.2 Å². The van der Waals surface area contributed by atoms with Gasteiger partial charge in [-0.3, -0.25) is 14.5 Å². The number of benzene rings is 2. The Balaban J connectivity index is 1.04. The van der Waals surface area contributed by atoms with Crippen LogP contribution in [0, 0.1) is 5.92 Å². The largest absolute Gasteiger partial charge is 0.496 e. The van der Waals surface area contributed by atoms with Crippen molar-refractivity contribution in [3.05, 3.63) is 99.8 Å². The van der Waals surface area contributed by atoms with Crippen molar-refractivity contribution in [1.82, 2.24) is 19.1 Å². The number of carbonyl (C=O) groups is 2. The number of sulfonamides is 1. The van der Waals surface area contributed by atoms with Crippen LogP contribution < -0.4 is 9.46 Å². The molecule has 9 nitrogen and oxygen atoms in total. The van der Waals surface area contributed by atoms with Gasteiger partial charge >= 0.3 is 0 Å². The molecule has 4 atom stereocenters. The van der Waals surface area contributed by atoms with Gasteiger partial charge in [-0.2, -0.15) is 0 Å². The van der Waals surface area contributed by atoms with Crippen molar-refractivity contribution in [3.8, 4) is 5.75 Å². The number of nitrogens with one attached hydrogen (secondary N) is 1. The summed E-state index contributed by atoms with van der Waals surface area (Å²) in [5, 5.41) is 0.514. The highest BCUT2D eigenvalue weighted by Gasteiger charge is 2.53. The van der Waals surface area contributed by atoms with Crippen LogP contribution in [0.2, 0.25) is 0 Å². The van der Waals surface area contributed by atoms with E-state index in [4.69, 9.17) is 4.74 Å². The quantitative estimate of drug-likeness (QED) is 0.260. The number of nitrogens with zero attached hydrogens (tertiary/aromatic N) is 3. The summed E-state index contributed by atoms with van der Waals surface area (Å²) < 4.78 is 38.0. The molecule has 55 heavy (non-hydrogen) atoms. The third kappa shape index (κ3) is 6.01. The normalized spacial score (nSPS) is 26.9. The number of piperidine rings is 1. The number of rotatable bonds is 8. The molecule has 10 heteroatoms. The lowest BCUT2D eigenvalue weighted by atomic mass is 9.74. The Bertz CT molecular complexity index is 2250. The fourth-order valence-corrected chi connectivity index (χ4v) is 12.8. The molecular weight excluding hydrogens is 709 g/mol. The van der Waals surface area contributed by atoms with Crippen LogP contribution in [0.25, 0.3) is 10.9 Å². The number of carbonyl (C=O) groups excluding carboxylic acids is 2. The predicted octanol–water partition coefficient (Wildman–Crippen LogP) is 7.24. The number of hydrogen-bond donors (Lipinski definition) is 1. The molecule has 1 N–H and O–H groups in total. The Labute approximate surface area is 324 Å². The molecule has 3 saturated heterocycles. The molecular formula is C45H52N4O5S. The van der Waals surface area contributed by atoms with Crippen LogP contribution in [0.15, 0.2) is 83.0 Å². The average Bonchev–Trinajstić information content (AvgIpc) is 3.84. The second-order valence-electron chi connectivity index (χ2n) is 17.2. The Kier molecular flexibility index (Phi) is 8.85. The van der Waals surface area contributed by atoms with Gasteiger partial charge in [0, 0.05) is 55.3 Å². The average molecular weight is 761 g/mol. The molecule has 0 spiro atoms. The lowest BCUT2D eigenvalue weighted by Gasteiger charge is -2.57. The monoisotopic (exact) mass is 760 g/mol. The Morgan fingerprint density at radius 3 is 2.36 bits per heavy atom. The van der Waals surface area contributed by atoms with E-state index in [1.54, 1.807) is 7.11 Å². The molecule has 3 aromatic rings. The molecule has 0 radical (unpaired) electrons. The summed E-state index contributed by atoms with van der Waals surface area (Å²) in [6, 6.07) is 17.6.